The lowest BCUT2D eigenvalue weighted by molar-refractivity contribution is -0.201. The SMILES string of the molecule is CCCCC[C@@H](CC[C@@H]1C2CC(=O)C[C@@]2(CO)C[C@H]1OC1CCCCO1)OC1CCCCO1. The van der Waals surface area contributed by atoms with Gasteiger partial charge in [-0.1, -0.05) is 26.2 Å². The van der Waals surface area contributed by atoms with Crippen molar-refractivity contribution in [2.24, 2.45) is 17.3 Å². The zero-order valence-electron chi connectivity index (χ0n) is 20.7. The summed E-state index contributed by atoms with van der Waals surface area (Å²) in [7, 11) is 0. The molecule has 4 aliphatic rings. The van der Waals surface area contributed by atoms with Gasteiger partial charge in [0.1, 0.15) is 5.78 Å². The molecule has 0 aromatic heterocycles. The van der Waals surface area contributed by atoms with Crippen LogP contribution in [-0.2, 0) is 23.7 Å². The standard InChI is InChI=1S/C27H46O6/c1-2-3-4-9-21(32-25-10-5-7-14-30-25)12-13-22-23-16-20(29)17-27(23,19-28)18-24(22)33-26-11-6-8-15-31-26/h21-26,28H,2-19H2,1H3/t21-,22+,23?,24+,25?,26?,27-/m0/s1. The number of carbonyl (C=O) groups excluding carboxylic acids is 1. The summed E-state index contributed by atoms with van der Waals surface area (Å²) in [6.45, 7) is 3.89. The number of aliphatic hydroxyl groups is 1. The first-order chi connectivity index (χ1) is 16.1. The Kier molecular flexibility index (Phi) is 9.63. The van der Waals surface area contributed by atoms with Crippen LogP contribution in [0.4, 0.5) is 0 Å². The third kappa shape index (κ3) is 6.58. The maximum absolute atomic E-state index is 12.4. The third-order valence-corrected chi connectivity index (χ3v) is 8.60. The summed E-state index contributed by atoms with van der Waals surface area (Å²) in [5, 5.41) is 10.3. The highest BCUT2D eigenvalue weighted by molar-refractivity contribution is 5.82. The summed E-state index contributed by atoms with van der Waals surface area (Å²) in [5.74, 6) is 0.794. The van der Waals surface area contributed by atoms with E-state index in [4.69, 9.17) is 18.9 Å². The van der Waals surface area contributed by atoms with E-state index in [1.807, 2.05) is 0 Å². The summed E-state index contributed by atoms with van der Waals surface area (Å²) in [4.78, 5) is 12.4. The van der Waals surface area contributed by atoms with Crippen LogP contribution >= 0.6 is 0 Å². The summed E-state index contributed by atoms with van der Waals surface area (Å²) in [6, 6.07) is 0. The van der Waals surface area contributed by atoms with Crippen molar-refractivity contribution in [2.45, 2.75) is 128 Å². The summed E-state index contributed by atoms with van der Waals surface area (Å²) < 4.78 is 24.8. The van der Waals surface area contributed by atoms with Crippen LogP contribution in [0.3, 0.4) is 0 Å². The van der Waals surface area contributed by atoms with Gasteiger partial charge in [-0.3, -0.25) is 4.79 Å². The van der Waals surface area contributed by atoms with Crippen molar-refractivity contribution in [3.8, 4) is 0 Å². The van der Waals surface area contributed by atoms with Crippen LogP contribution in [0.5, 0.6) is 0 Å². The van der Waals surface area contributed by atoms with E-state index in [9.17, 15) is 9.90 Å². The topological polar surface area (TPSA) is 74.2 Å². The Morgan fingerprint density at radius 1 is 1.06 bits per heavy atom. The smallest absolute Gasteiger partial charge is 0.157 e. The number of Topliss-reactive ketones (excluding diaryl/α,β-unsaturated/α-hetero) is 1. The predicted molar refractivity (Wildman–Crippen MR) is 126 cm³/mol. The van der Waals surface area contributed by atoms with Gasteiger partial charge in [0.25, 0.3) is 0 Å². The minimum atomic E-state index is -0.299. The molecule has 0 bridgehead atoms. The normalized spacial score (nSPS) is 37.9. The van der Waals surface area contributed by atoms with Crippen molar-refractivity contribution in [3.05, 3.63) is 0 Å². The molecule has 2 aliphatic carbocycles. The van der Waals surface area contributed by atoms with E-state index < -0.39 is 0 Å². The Hall–Kier alpha value is -0.530. The van der Waals surface area contributed by atoms with Gasteiger partial charge in [0.15, 0.2) is 12.6 Å². The number of hydrogen-bond donors (Lipinski definition) is 1. The van der Waals surface area contributed by atoms with Gasteiger partial charge in [0.05, 0.1) is 12.2 Å². The van der Waals surface area contributed by atoms with Crippen LogP contribution in [0.2, 0.25) is 0 Å². The molecule has 3 unspecified atom stereocenters. The molecular weight excluding hydrogens is 420 g/mol. The van der Waals surface area contributed by atoms with Crippen LogP contribution in [0, 0.1) is 17.3 Å². The number of aliphatic hydroxyl groups excluding tert-OH is 1. The molecule has 7 atom stereocenters. The average molecular weight is 467 g/mol. The zero-order valence-corrected chi connectivity index (χ0v) is 20.7. The summed E-state index contributed by atoms with van der Waals surface area (Å²) in [5.41, 5.74) is -0.299. The molecule has 6 nitrogen and oxygen atoms in total. The number of carbonyl (C=O) groups is 1. The Morgan fingerprint density at radius 3 is 2.48 bits per heavy atom. The number of fused-ring (bicyclic) bond motifs is 1. The Morgan fingerprint density at radius 2 is 1.82 bits per heavy atom. The first-order valence-electron chi connectivity index (χ1n) is 13.8. The predicted octanol–water partition coefficient (Wildman–Crippen LogP) is 5.15. The van der Waals surface area contributed by atoms with Gasteiger partial charge in [0, 0.05) is 38.1 Å². The first-order valence-corrected chi connectivity index (χ1v) is 13.8. The molecule has 2 saturated heterocycles. The molecule has 2 aliphatic heterocycles. The Balaban J connectivity index is 1.41. The molecule has 0 aromatic carbocycles. The van der Waals surface area contributed by atoms with Crippen molar-refractivity contribution in [1.82, 2.24) is 0 Å². The molecule has 4 fully saturated rings. The average Bonchev–Trinajstić information content (AvgIpc) is 3.29. The monoisotopic (exact) mass is 466 g/mol. The molecule has 0 amide bonds. The lowest BCUT2D eigenvalue weighted by Crippen LogP contribution is -2.33. The fourth-order valence-corrected chi connectivity index (χ4v) is 6.80. The van der Waals surface area contributed by atoms with Crippen molar-refractivity contribution >= 4 is 5.78 Å². The van der Waals surface area contributed by atoms with Crippen molar-refractivity contribution < 1.29 is 28.8 Å². The van der Waals surface area contributed by atoms with E-state index in [0.717, 1.165) is 71.0 Å². The van der Waals surface area contributed by atoms with Gasteiger partial charge in [-0.25, -0.2) is 0 Å². The fourth-order valence-electron chi connectivity index (χ4n) is 6.80. The minimum absolute atomic E-state index is 0.0561. The zero-order chi connectivity index (χ0) is 23.1. The number of rotatable bonds is 12. The van der Waals surface area contributed by atoms with Gasteiger partial charge in [0.2, 0.25) is 0 Å². The highest BCUT2D eigenvalue weighted by atomic mass is 16.7. The Bertz CT molecular complexity index is 599. The summed E-state index contributed by atoms with van der Waals surface area (Å²) >= 11 is 0. The van der Waals surface area contributed by atoms with Gasteiger partial charge >= 0.3 is 0 Å². The molecule has 6 heteroatoms. The van der Waals surface area contributed by atoms with Crippen LogP contribution in [0.25, 0.3) is 0 Å². The quantitative estimate of drug-likeness (QED) is 0.401. The number of ketones is 1. The lowest BCUT2D eigenvalue weighted by Gasteiger charge is -2.32. The van der Waals surface area contributed by atoms with Crippen molar-refractivity contribution in [2.75, 3.05) is 19.8 Å². The second-order valence-electron chi connectivity index (χ2n) is 11.0. The Labute approximate surface area is 200 Å². The maximum atomic E-state index is 12.4. The molecule has 190 valence electrons. The second kappa shape index (κ2) is 12.4. The summed E-state index contributed by atoms with van der Waals surface area (Å²) in [6.07, 6.45) is 15.0. The van der Waals surface area contributed by atoms with E-state index in [1.165, 1.54) is 25.7 Å². The lowest BCUT2D eigenvalue weighted by atomic mass is 9.77. The van der Waals surface area contributed by atoms with E-state index >= 15 is 0 Å². The minimum Gasteiger partial charge on any atom is -0.396 e. The van der Waals surface area contributed by atoms with Crippen LogP contribution < -0.4 is 0 Å². The molecule has 0 radical (unpaired) electrons. The van der Waals surface area contributed by atoms with Crippen LogP contribution in [-0.4, -0.2) is 55.5 Å². The van der Waals surface area contributed by atoms with Gasteiger partial charge in [-0.15, -0.1) is 0 Å². The molecular formula is C27H46O6. The molecule has 33 heavy (non-hydrogen) atoms. The number of hydrogen-bond acceptors (Lipinski definition) is 6. The maximum Gasteiger partial charge on any atom is 0.157 e. The highest BCUT2D eigenvalue weighted by Gasteiger charge is 2.58. The van der Waals surface area contributed by atoms with E-state index in [0.29, 0.717) is 18.6 Å². The third-order valence-electron chi connectivity index (χ3n) is 8.60. The molecule has 1 N–H and O–H groups in total. The molecule has 2 heterocycles. The molecule has 0 aromatic rings. The highest BCUT2D eigenvalue weighted by Crippen LogP contribution is 2.58. The first kappa shape index (κ1) is 25.6. The van der Waals surface area contributed by atoms with Crippen LogP contribution in [0.15, 0.2) is 0 Å². The molecule has 2 saturated carbocycles. The van der Waals surface area contributed by atoms with E-state index in [-0.39, 0.29) is 48.6 Å². The van der Waals surface area contributed by atoms with E-state index in [1.54, 1.807) is 0 Å². The van der Waals surface area contributed by atoms with Crippen molar-refractivity contribution in [1.29, 1.82) is 0 Å². The van der Waals surface area contributed by atoms with Gasteiger partial charge < -0.3 is 24.1 Å². The van der Waals surface area contributed by atoms with Crippen LogP contribution in [0.1, 0.15) is 103 Å². The van der Waals surface area contributed by atoms with E-state index in [2.05, 4.69) is 6.92 Å². The van der Waals surface area contributed by atoms with Gasteiger partial charge in [-0.05, 0) is 76.0 Å². The largest absolute Gasteiger partial charge is 0.396 e. The molecule has 4 rings (SSSR count). The second-order valence-corrected chi connectivity index (χ2v) is 11.0. The van der Waals surface area contributed by atoms with Gasteiger partial charge in [-0.2, -0.15) is 0 Å². The molecule has 0 spiro atoms. The number of unbranched alkanes of at least 4 members (excludes halogenated alkanes) is 2. The fraction of sp³-hybridized carbons (Fsp3) is 0.963. The van der Waals surface area contributed by atoms with Crippen molar-refractivity contribution in [3.63, 3.8) is 0 Å². The number of ether oxygens (including phenoxy) is 4.